The van der Waals surface area contributed by atoms with Crippen LogP contribution in [0.4, 0.5) is 0 Å². The summed E-state index contributed by atoms with van der Waals surface area (Å²) in [5.74, 6) is 0.803. The number of hydrogen-bond donors (Lipinski definition) is 1. The van der Waals surface area contributed by atoms with Crippen LogP contribution >= 0.6 is 0 Å². The second-order valence-corrected chi connectivity index (χ2v) is 4.07. The Morgan fingerprint density at radius 1 is 1.47 bits per heavy atom. The molecule has 1 saturated heterocycles. The molecular weight excluding hydrogens is 218 g/mol. The number of hydrogen-bond acceptors (Lipinski definition) is 3. The van der Waals surface area contributed by atoms with E-state index >= 15 is 0 Å². The van der Waals surface area contributed by atoms with Gasteiger partial charge in [0.1, 0.15) is 11.9 Å². The molecule has 17 heavy (non-hydrogen) atoms. The van der Waals surface area contributed by atoms with Crippen molar-refractivity contribution in [3.8, 4) is 5.75 Å². The van der Waals surface area contributed by atoms with E-state index in [0.29, 0.717) is 13.2 Å². The molecule has 0 spiro atoms. The Labute approximate surface area is 101 Å². The van der Waals surface area contributed by atoms with Crippen LogP contribution in [0.25, 0.3) is 0 Å². The molecule has 0 saturated carbocycles. The zero-order chi connectivity index (χ0) is 12.1. The monoisotopic (exact) mass is 235 g/mol. The molecule has 1 aromatic rings. The van der Waals surface area contributed by atoms with E-state index in [2.05, 4.69) is 5.32 Å². The van der Waals surface area contributed by atoms with Gasteiger partial charge in [0.15, 0.2) is 0 Å². The summed E-state index contributed by atoms with van der Waals surface area (Å²) < 4.78 is 10.4. The van der Waals surface area contributed by atoms with Crippen molar-refractivity contribution in [2.75, 3.05) is 13.7 Å². The number of rotatable bonds is 4. The number of ether oxygens (including phenoxy) is 2. The highest BCUT2D eigenvalue weighted by Crippen LogP contribution is 2.13. The Bertz CT molecular complexity index is 369. The molecule has 0 unspecified atom stereocenters. The van der Waals surface area contributed by atoms with E-state index < -0.39 is 0 Å². The van der Waals surface area contributed by atoms with Crippen LogP contribution in [0.15, 0.2) is 24.3 Å². The summed E-state index contributed by atoms with van der Waals surface area (Å²) in [5.41, 5.74) is 1.05. The third-order valence-electron chi connectivity index (χ3n) is 2.85. The number of benzene rings is 1. The van der Waals surface area contributed by atoms with E-state index in [9.17, 15) is 4.79 Å². The molecule has 4 nitrogen and oxygen atoms in total. The Morgan fingerprint density at radius 2 is 2.24 bits per heavy atom. The largest absolute Gasteiger partial charge is 0.497 e. The first-order valence-corrected chi connectivity index (χ1v) is 5.82. The van der Waals surface area contributed by atoms with E-state index in [1.165, 1.54) is 0 Å². The average Bonchev–Trinajstić information content (AvgIpc) is 2.90. The minimum atomic E-state index is -0.256. The normalized spacial score (nSPS) is 19.0. The molecule has 1 heterocycles. The second-order valence-electron chi connectivity index (χ2n) is 4.07. The maximum atomic E-state index is 11.7. The first kappa shape index (κ1) is 11.9. The van der Waals surface area contributed by atoms with Gasteiger partial charge in [-0.3, -0.25) is 4.79 Å². The van der Waals surface area contributed by atoms with Gasteiger partial charge in [-0.05, 0) is 30.5 Å². The van der Waals surface area contributed by atoms with Crippen LogP contribution in [0, 0.1) is 0 Å². The SMILES string of the molecule is COc1ccc(CNC(=O)[C@H]2CCCO2)cc1. The Balaban J connectivity index is 1.82. The molecule has 0 aliphatic carbocycles. The molecule has 0 aromatic heterocycles. The highest BCUT2D eigenvalue weighted by Gasteiger charge is 2.22. The first-order chi connectivity index (χ1) is 8.29. The third-order valence-corrected chi connectivity index (χ3v) is 2.85. The van der Waals surface area contributed by atoms with Gasteiger partial charge in [0.2, 0.25) is 5.91 Å². The van der Waals surface area contributed by atoms with E-state index in [-0.39, 0.29) is 12.0 Å². The summed E-state index contributed by atoms with van der Waals surface area (Å²) in [7, 11) is 1.63. The molecule has 2 rings (SSSR count). The number of methoxy groups -OCH3 is 1. The van der Waals surface area contributed by atoms with Crippen LogP contribution in [0.5, 0.6) is 5.75 Å². The van der Waals surface area contributed by atoms with Crippen molar-refractivity contribution < 1.29 is 14.3 Å². The fourth-order valence-electron chi connectivity index (χ4n) is 1.83. The molecule has 92 valence electrons. The van der Waals surface area contributed by atoms with Crippen LogP contribution < -0.4 is 10.1 Å². The van der Waals surface area contributed by atoms with Gasteiger partial charge in [-0.25, -0.2) is 0 Å². The Morgan fingerprint density at radius 3 is 2.82 bits per heavy atom. The standard InChI is InChI=1S/C13H17NO3/c1-16-11-6-4-10(5-7-11)9-14-13(15)12-3-2-8-17-12/h4-7,12H,2-3,8-9H2,1H3,(H,14,15)/t12-/m1/s1. The summed E-state index contributed by atoms with van der Waals surface area (Å²) >= 11 is 0. The molecule has 4 heteroatoms. The van der Waals surface area contributed by atoms with Gasteiger partial charge in [0.05, 0.1) is 7.11 Å². The molecule has 1 N–H and O–H groups in total. The topological polar surface area (TPSA) is 47.6 Å². The zero-order valence-corrected chi connectivity index (χ0v) is 9.94. The molecular formula is C13H17NO3. The average molecular weight is 235 g/mol. The van der Waals surface area contributed by atoms with Gasteiger partial charge >= 0.3 is 0 Å². The molecule has 1 aliphatic rings. The lowest BCUT2D eigenvalue weighted by molar-refractivity contribution is -0.130. The van der Waals surface area contributed by atoms with Crippen molar-refractivity contribution >= 4 is 5.91 Å². The molecule has 1 aliphatic heterocycles. The second kappa shape index (κ2) is 5.68. The van der Waals surface area contributed by atoms with E-state index in [4.69, 9.17) is 9.47 Å². The van der Waals surface area contributed by atoms with Crippen molar-refractivity contribution in [3.05, 3.63) is 29.8 Å². The van der Waals surface area contributed by atoms with Gasteiger partial charge in [-0.2, -0.15) is 0 Å². The van der Waals surface area contributed by atoms with Gasteiger partial charge in [-0.15, -0.1) is 0 Å². The summed E-state index contributed by atoms with van der Waals surface area (Å²) in [4.78, 5) is 11.7. The fraction of sp³-hybridized carbons (Fsp3) is 0.462. The summed E-state index contributed by atoms with van der Waals surface area (Å²) in [6, 6.07) is 7.64. The molecule has 1 amide bonds. The highest BCUT2D eigenvalue weighted by atomic mass is 16.5. The van der Waals surface area contributed by atoms with Crippen LogP contribution in [-0.2, 0) is 16.1 Å². The number of carbonyl (C=O) groups is 1. The van der Waals surface area contributed by atoms with Gasteiger partial charge in [0, 0.05) is 13.2 Å². The maximum absolute atomic E-state index is 11.7. The lowest BCUT2D eigenvalue weighted by atomic mass is 10.2. The minimum Gasteiger partial charge on any atom is -0.497 e. The van der Waals surface area contributed by atoms with Crippen LogP contribution in [0.1, 0.15) is 18.4 Å². The number of amides is 1. The van der Waals surface area contributed by atoms with Crippen molar-refractivity contribution in [2.24, 2.45) is 0 Å². The third kappa shape index (κ3) is 3.20. The lowest BCUT2D eigenvalue weighted by Crippen LogP contribution is -2.33. The Kier molecular flexibility index (Phi) is 3.98. The summed E-state index contributed by atoms with van der Waals surface area (Å²) in [6.45, 7) is 1.23. The smallest absolute Gasteiger partial charge is 0.249 e. The quantitative estimate of drug-likeness (QED) is 0.860. The van der Waals surface area contributed by atoms with Gasteiger partial charge in [0.25, 0.3) is 0 Å². The van der Waals surface area contributed by atoms with E-state index in [0.717, 1.165) is 24.2 Å². The van der Waals surface area contributed by atoms with Crippen LogP contribution in [0.2, 0.25) is 0 Å². The van der Waals surface area contributed by atoms with Crippen molar-refractivity contribution in [2.45, 2.75) is 25.5 Å². The zero-order valence-electron chi connectivity index (χ0n) is 9.94. The van der Waals surface area contributed by atoms with Crippen molar-refractivity contribution in [1.29, 1.82) is 0 Å². The lowest BCUT2D eigenvalue weighted by Gasteiger charge is -2.10. The van der Waals surface area contributed by atoms with Crippen molar-refractivity contribution in [1.82, 2.24) is 5.32 Å². The van der Waals surface area contributed by atoms with Gasteiger partial charge in [-0.1, -0.05) is 12.1 Å². The first-order valence-electron chi connectivity index (χ1n) is 5.82. The summed E-state index contributed by atoms with van der Waals surface area (Å²) in [5, 5.41) is 2.87. The summed E-state index contributed by atoms with van der Waals surface area (Å²) in [6.07, 6.45) is 1.54. The van der Waals surface area contributed by atoms with E-state index in [1.54, 1.807) is 7.11 Å². The fourth-order valence-corrected chi connectivity index (χ4v) is 1.83. The number of nitrogens with one attached hydrogen (secondary N) is 1. The molecule has 1 atom stereocenters. The molecule has 1 fully saturated rings. The minimum absolute atomic E-state index is 0.0154. The van der Waals surface area contributed by atoms with Gasteiger partial charge < -0.3 is 14.8 Å². The van der Waals surface area contributed by atoms with E-state index in [1.807, 2.05) is 24.3 Å². The van der Waals surface area contributed by atoms with Crippen LogP contribution in [0.3, 0.4) is 0 Å². The molecule has 0 radical (unpaired) electrons. The number of carbonyl (C=O) groups excluding carboxylic acids is 1. The van der Waals surface area contributed by atoms with Crippen LogP contribution in [-0.4, -0.2) is 25.7 Å². The van der Waals surface area contributed by atoms with Crippen molar-refractivity contribution in [3.63, 3.8) is 0 Å². The predicted octanol–water partition coefficient (Wildman–Crippen LogP) is 1.49. The Hall–Kier alpha value is -1.55. The predicted molar refractivity (Wildman–Crippen MR) is 63.8 cm³/mol. The maximum Gasteiger partial charge on any atom is 0.249 e. The highest BCUT2D eigenvalue weighted by molar-refractivity contribution is 5.80. The molecule has 0 bridgehead atoms. The molecule has 1 aromatic carbocycles.